The Hall–Kier alpha value is -1.51. The van der Waals surface area contributed by atoms with Crippen molar-refractivity contribution >= 4 is 0 Å². The molecule has 1 aromatic heterocycles. The number of nitrogens with zero attached hydrogens (tertiary/aromatic N) is 2. The van der Waals surface area contributed by atoms with E-state index in [0.717, 1.165) is 0 Å². The third kappa shape index (κ3) is 2.72. The van der Waals surface area contributed by atoms with Crippen LogP contribution in [0.4, 0.5) is 4.39 Å². The first-order valence-corrected chi connectivity index (χ1v) is 4.42. The summed E-state index contributed by atoms with van der Waals surface area (Å²) in [5.41, 5.74) is 0.312. The van der Waals surface area contributed by atoms with E-state index in [1.54, 1.807) is 6.07 Å². The number of hydrogen-bond donors (Lipinski definition) is 2. The molecule has 1 rings (SSSR count). The second kappa shape index (κ2) is 4.82. The van der Waals surface area contributed by atoms with Crippen LogP contribution in [0, 0.1) is 24.1 Å². The van der Waals surface area contributed by atoms with E-state index >= 15 is 0 Å². The standard InChI is InChI=1S/C10H11FN2O2/c1-6-7(11)2-3-8(13-6)10(15)9(14)4-5-12/h2-3,9-10,14-15H,4H2,1H3. The fraction of sp³-hybridized carbons (Fsp3) is 0.400. The molecule has 0 saturated carbocycles. The molecule has 0 aliphatic rings. The molecule has 0 aromatic carbocycles. The molecular weight excluding hydrogens is 199 g/mol. The van der Waals surface area contributed by atoms with E-state index in [9.17, 15) is 14.6 Å². The van der Waals surface area contributed by atoms with Gasteiger partial charge >= 0.3 is 0 Å². The second-order valence-corrected chi connectivity index (χ2v) is 3.18. The van der Waals surface area contributed by atoms with Crippen LogP contribution in [0.1, 0.15) is 23.9 Å². The number of aliphatic hydroxyl groups excluding tert-OH is 2. The van der Waals surface area contributed by atoms with E-state index in [1.807, 2.05) is 0 Å². The molecule has 0 saturated heterocycles. The fourth-order valence-electron chi connectivity index (χ4n) is 1.13. The quantitative estimate of drug-likeness (QED) is 0.774. The Kier molecular flexibility index (Phi) is 3.72. The van der Waals surface area contributed by atoms with Gasteiger partial charge in [-0.05, 0) is 19.1 Å². The average molecular weight is 210 g/mol. The second-order valence-electron chi connectivity index (χ2n) is 3.18. The first-order chi connectivity index (χ1) is 7.06. The molecule has 4 nitrogen and oxygen atoms in total. The van der Waals surface area contributed by atoms with Gasteiger partial charge in [-0.25, -0.2) is 4.39 Å². The summed E-state index contributed by atoms with van der Waals surface area (Å²) in [4.78, 5) is 3.78. The Labute approximate surface area is 86.6 Å². The van der Waals surface area contributed by atoms with Crippen molar-refractivity contribution in [2.24, 2.45) is 0 Å². The molecule has 0 bridgehead atoms. The van der Waals surface area contributed by atoms with Crippen molar-refractivity contribution < 1.29 is 14.6 Å². The predicted octanol–water partition coefficient (Wildman–Crippen LogP) is 0.837. The highest BCUT2D eigenvalue weighted by Gasteiger charge is 2.19. The average Bonchev–Trinajstić information content (AvgIpc) is 2.21. The molecule has 0 radical (unpaired) electrons. The molecule has 0 spiro atoms. The van der Waals surface area contributed by atoms with Crippen molar-refractivity contribution in [3.05, 3.63) is 29.3 Å². The van der Waals surface area contributed by atoms with E-state index in [0.29, 0.717) is 0 Å². The third-order valence-corrected chi connectivity index (χ3v) is 2.01. The van der Waals surface area contributed by atoms with E-state index < -0.39 is 18.0 Å². The molecule has 2 N–H and O–H groups in total. The van der Waals surface area contributed by atoms with E-state index in [-0.39, 0.29) is 17.8 Å². The maximum atomic E-state index is 12.9. The van der Waals surface area contributed by atoms with Gasteiger partial charge in [-0.2, -0.15) is 5.26 Å². The fourth-order valence-corrected chi connectivity index (χ4v) is 1.13. The van der Waals surface area contributed by atoms with Crippen LogP contribution >= 0.6 is 0 Å². The van der Waals surface area contributed by atoms with Crippen molar-refractivity contribution in [3.63, 3.8) is 0 Å². The van der Waals surface area contributed by atoms with Crippen molar-refractivity contribution in [1.29, 1.82) is 5.26 Å². The molecule has 2 atom stereocenters. The minimum Gasteiger partial charge on any atom is -0.389 e. The van der Waals surface area contributed by atoms with Crippen molar-refractivity contribution in [3.8, 4) is 6.07 Å². The number of aryl methyl sites for hydroxylation is 1. The van der Waals surface area contributed by atoms with Gasteiger partial charge in [0, 0.05) is 0 Å². The minimum atomic E-state index is -1.26. The van der Waals surface area contributed by atoms with Crippen LogP contribution in [0.25, 0.3) is 0 Å². The number of nitriles is 1. The maximum absolute atomic E-state index is 12.9. The summed E-state index contributed by atoms with van der Waals surface area (Å²) in [6.07, 6.45) is -2.66. The molecule has 2 unspecified atom stereocenters. The zero-order valence-corrected chi connectivity index (χ0v) is 8.18. The smallest absolute Gasteiger partial charge is 0.144 e. The van der Waals surface area contributed by atoms with Gasteiger partial charge in [0.25, 0.3) is 0 Å². The molecule has 15 heavy (non-hydrogen) atoms. The monoisotopic (exact) mass is 210 g/mol. The van der Waals surface area contributed by atoms with Crippen LogP contribution in [0.5, 0.6) is 0 Å². The number of halogens is 1. The Morgan fingerprint density at radius 2 is 2.20 bits per heavy atom. The highest BCUT2D eigenvalue weighted by atomic mass is 19.1. The molecule has 0 fully saturated rings. The molecule has 5 heteroatoms. The lowest BCUT2D eigenvalue weighted by atomic mass is 10.1. The lowest BCUT2D eigenvalue weighted by molar-refractivity contribution is 0.0189. The van der Waals surface area contributed by atoms with E-state index in [4.69, 9.17) is 5.26 Å². The Morgan fingerprint density at radius 1 is 1.53 bits per heavy atom. The van der Waals surface area contributed by atoms with Crippen LogP contribution in [0.2, 0.25) is 0 Å². The van der Waals surface area contributed by atoms with E-state index in [2.05, 4.69) is 4.98 Å². The largest absolute Gasteiger partial charge is 0.389 e. The third-order valence-electron chi connectivity index (χ3n) is 2.01. The molecule has 1 heterocycles. The zero-order chi connectivity index (χ0) is 11.4. The molecular formula is C10H11FN2O2. The summed E-state index contributed by atoms with van der Waals surface area (Å²) < 4.78 is 12.9. The van der Waals surface area contributed by atoms with Crippen LogP contribution in [0.3, 0.4) is 0 Å². The van der Waals surface area contributed by atoms with Gasteiger partial charge in [-0.15, -0.1) is 0 Å². The summed E-state index contributed by atoms with van der Waals surface area (Å²) in [6, 6.07) is 4.18. The highest BCUT2D eigenvalue weighted by Crippen LogP contribution is 2.17. The topological polar surface area (TPSA) is 77.1 Å². The first kappa shape index (κ1) is 11.6. The van der Waals surface area contributed by atoms with Crippen molar-refractivity contribution in [2.75, 3.05) is 0 Å². The van der Waals surface area contributed by atoms with Gasteiger partial charge in [0.15, 0.2) is 0 Å². The SMILES string of the molecule is Cc1nc(C(O)C(O)CC#N)ccc1F. The molecule has 1 aromatic rings. The van der Waals surface area contributed by atoms with Crippen LogP contribution in [-0.2, 0) is 0 Å². The van der Waals surface area contributed by atoms with Gasteiger partial charge in [-0.3, -0.25) is 4.98 Å². The molecule has 80 valence electrons. The minimum absolute atomic E-state index is 0.149. The van der Waals surface area contributed by atoms with Gasteiger partial charge < -0.3 is 10.2 Å². The van der Waals surface area contributed by atoms with Gasteiger partial charge in [0.2, 0.25) is 0 Å². The van der Waals surface area contributed by atoms with E-state index in [1.165, 1.54) is 19.1 Å². The summed E-state index contributed by atoms with van der Waals surface area (Å²) in [7, 11) is 0. The highest BCUT2D eigenvalue weighted by molar-refractivity contribution is 5.15. The van der Waals surface area contributed by atoms with Crippen molar-refractivity contribution in [1.82, 2.24) is 4.98 Å². The number of hydrogen-bond acceptors (Lipinski definition) is 4. The zero-order valence-electron chi connectivity index (χ0n) is 8.18. The summed E-state index contributed by atoms with van der Waals surface area (Å²) >= 11 is 0. The maximum Gasteiger partial charge on any atom is 0.144 e. The van der Waals surface area contributed by atoms with Gasteiger partial charge in [0.05, 0.1) is 30.0 Å². The van der Waals surface area contributed by atoms with Crippen LogP contribution in [0.15, 0.2) is 12.1 Å². The first-order valence-electron chi connectivity index (χ1n) is 4.42. The number of aliphatic hydroxyl groups is 2. The molecule has 0 aliphatic heterocycles. The Balaban J connectivity index is 2.87. The van der Waals surface area contributed by atoms with Crippen LogP contribution in [-0.4, -0.2) is 21.3 Å². The lowest BCUT2D eigenvalue weighted by Gasteiger charge is -2.14. The summed E-state index contributed by atoms with van der Waals surface area (Å²) in [5.74, 6) is -0.472. The molecule has 0 aliphatic carbocycles. The normalized spacial score (nSPS) is 14.3. The predicted molar refractivity (Wildman–Crippen MR) is 50.1 cm³/mol. The number of rotatable bonds is 3. The summed E-state index contributed by atoms with van der Waals surface area (Å²) in [5, 5.41) is 27.2. The van der Waals surface area contributed by atoms with Crippen molar-refractivity contribution in [2.45, 2.75) is 25.6 Å². The Bertz CT molecular complexity index is 389. The van der Waals surface area contributed by atoms with Crippen LogP contribution < -0.4 is 0 Å². The number of aromatic nitrogens is 1. The van der Waals surface area contributed by atoms with Gasteiger partial charge in [-0.1, -0.05) is 0 Å². The Morgan fingerprint density at radius 3 is 2.73 bits per heavy atom. The van der Waals surface area contributed by atoms with Gasteiger partial charge in [0.1, 0.15) is 11.9 Å². The summed E-state index contributed by atoms with van der Waals surface area (Å²) in [6.45, 7) is 1.46. The number of pyridine rings is 1. The molecule has 0 amide bonds. The lowest BCUT2D eigenvalue weighted by Crippen LogP contribution is -2.19.